The largest absolute Gasteiger partial charge is 0.497 e. The van der Waals surface area contributed by atoms with Crippen LogP contribution in [0.15, 0.2) is 70.5 Å². The van der Waals surface area contributed by atoms with Gasteiger partial charge in [0.25, 0.3) is 0 Å². The second kappa shape index (κ2) is 8.05. The molecule has 32 heavy (non-hydrogen) atoms. The first-order valence-electron chi connectivity index (χ1n) is 9.94. The van der Waals surface area contributed by atoms with Crippen molar-refractivity contribution in [2.24, 2.45) is 5.73 Å². The van der Waals surface area contributed by atoms with Gasteiger partial charge in [0.05, 0.1) is 35.3 Å². The summed E-state index contributed by atoms with van der Waals surface area (Å²) in [6.07, 6.45) is 0.295. The van der Waals surface area contributed by atoms with Crippen LogP contribution in [-0.2, 0) is 14.6 Å². The van der Waals surface area contributed by atoms with Crippen molar-refractivity contribution in [3.8, 4) is 11.8 Å². The van der Waals surface area contributed by atoms with Gasteiger partial charge < -0.3 is 15.8 Å². The van der Waals surface area contributed by atoms with E-state index in [0.29, 0.717) is 34.8 Å². The molecule has 2 aliphatic rings. The van der Waals surface area contributed by atoms with Crippen molar-refractivity contribution in [1.82, 2.24) is 0 Å². The number of anilines is 2. The van der Waals surface area contributed by atoms with Crippen LogP contribution in [-0.4, -0.2) is 27.2 Å². The minimum atomic E-state index is -3.59. The van der Waals surface area contributed by atoms with Gasteiger partial charge in [-0.1, -0.05) is 12.1 Å². The molecule has 1 atom stereocenters. The first-order valence-corrected chi connectivity index (χ1v) is 11.6. The number of carbonyl (C=O) groups excluding carboxylic acids is 1. The van der Waals surface area contributed by atoms with Crippen LogP contribution in [0.5, 0.6) is 5.75 Å². The predicted molar refractivity (Wildman–Crippen MR) is 121 cm³/mol. The lowest BCUT2D eigenvalue weighted by Gasteiger charge is -2.35. The van der Waals surface area contributed by atoms with Crippen molar-refractivity contribution in [1.29, 1.82) is 5.26 Å². The van der Waals surface area contributed by atoms with E-state index < -0.39 is 15.8 Å². The third-order valence-electron chi connectivity index (χ3n) is 5.58. The Morgan fingerprint density at radius 2 is 1.84 bits per heavy atom. The molecular formula is C23H22N4O4S. The molecule has 3 N–H and O–H groups in total. The van der Waals surface area contributed by atoms with Crippen molar-refractivity contribution >= 4 is 27.1 Å². The van der Waals surface area contributed by atoms with Gasteiger partial charge >= 0.3 is 0 Å². The van der Waals surface area contributed by atoms with Crippen LogP contribution >= 0.6 is 0 Å². The van der Waals surface area contributed by atoms with Gasteiger partial charge in [0.2, 0.25) is 5.91 Å². The predicted octanol–water partition coefficient (Wildman–Crippen LogP) is 2.98. The highest BCUT2D eigenvalue weighted by Crippen LogP contribution is 2.48. The normalized spacial score (nSPS) is 19.4. The lowest BCUT2D eigenvalue weighted by atomic mass is 9.87. The standard InChI is InChI=1S/C23H22N4O4S/c1-14(28)26-16-5-3-15(4-6-16)21-19(13-24)23(25)27(17-7-9-18(31-2)10-8-17)20-11-12-32(29,30)22(20)21/h3-10,21H,11-12,25H2,1-2H3,(H,26,28)/t21-/m0/s1. The maximum absolute atomic E-state index is 13.1. The van der Waals surface area contributed by atoms with E-state index in [2.05, 4.69) is 11.4 Å². The highest BCUT2D eigenvalue weighted by Gasteiger charge is 2.45. The van der Waals surface area contributed by atoms with Crippen LogP contribution < -0.4 is 20.7 Å². The molecule has 2 aromatic rings. The summed E-state index contributed by atoms with van der Waals surface area (Å²) in [5, 5.41) is 12.7. The molecule has 2 heterocycles. The summed E-state index contributed by atoms with van der Waals surface area (Å²) in [5.41, 5.74) is 9.06. The second-order valence-corrected chi connectivity index (χ2v) is 9.64. The number of sulfone groups is 1. The number of nitrogens with two attached hydrogens (primary N) is 1. The minimum absolute atomic E-state index is 0.0449. The summed E-state index contributed by atoms with van der Waals surface area (Å²) in [6.45, 7) is 1.40. The molecule has 0 aromatic heterocycles. The lowest BCUT2D eigenvalue weighted by Crippen LogP contribution is -2.34. The quantitative estimate of drug-likeness (QED) is 0.733. The van der Waals surface area contributed by atoms with Crippen molar-refractivity contribution < 1.29 is 17.9 Å². The number of methoxy groups -OCH3 is 1. The first kappa shape index (κ1) is 21.5. The fourth-order valence-electron chi connectivity index (χ4n) is 4.18. The third kappa shape index (κ3) is 3.59. The van der Waals surface area contributed by atoms with Crippen molar-refractivity contribution in [3.05, 3.63) is 76.1 Å². The number of nitrogens with zero attached hydrogens (tertiary/aromatic N) is 2. The average molecular weight is 451 g/mol. The molecule has 9 heteroatoms. The van der Waals surface area contributed by atoms with Gasteiger partial charge in [-0.3, -0.25) is 9.69 Å². The summed E-state index contributed by atoms with van der Waals surface area (Å²) in [5.74, 6) is -0.209. The SMILES string of the molecule is COc1ccc(N2C(N)=C(C#N)[C@H](c3ccc(NC(C)=O)cc3)C3=C2CCS3(=O)=O)cc1. The Hall–Kier alpha value is -3.77. The van der Waals surface area contributed by atoms with Crippen LogP contribution in [0, 0.1) is 11.3 Å². The summed E-state index contributed by atoms with van der Waals surface area (Å²) >= 11 is 0. The number of hydrogen-bond donors (Lipinski definition) is 2. The van der Waals surface area contributed by atoms with E-state index in [-0.39, 0.29) is 28.0 Å². The van der Waals surface area contributed by atoms with E-state index in [1.807, 2.05) is 0 Å². The lowest BCUT2D eigenvalue weighted by molar-refractivity contribution is -0.114. The maximum atomic E-state index is 13.1. The summed E-state index contributed by atoms with van der Waals surface area (Å²) in [4.78, 5) is 13.2. The molecule has 0 aliphatic carbocycles. The van der Waals surface area contributed by atoms with Crippen molar-refractivity contribution in [3.63, 3.8) is 0 Å². The first-order chi connectivity index (χ1) is 15.3. The number of allylic oxidation sites excluding steroid dienone is 3. The fourth-order valence-corrected chi connectivity index (χ4v) is 6.03. The summed E-state index contributed by atoms with van der Waals surface area (Å²) in [7, 11) is -2.03. The van der Waals surface area contributed by atoms with E-state index in [9.17, 15) is 18.5 Å². The van der Waals surface area contributed by atoms with Crippen LogP contribution in [0.1, 0.15) is 24.8 Å². The molecule has 0 fully saturated rings. The molecule has 0 spiro atoms. The summed E-state index contributed by atoms with van der Waals surface area (Å²) in [6, 6.07) is 16.0. The van der Waals surface area contributed by atoms with E-state index in [1.54, 1.807) is 60.5 Å². The van der Waals surface area contributed by atoms with E-state index in [4.69, 9.17) is 10.5 Å². The zero-order valence-corrected chi connectivity index (χ0v) is 18.4. The van der Waals surface area contributed by atoms with Gasteiger partial charge in [-0.05, 0) is 42.0 Å². The third-order valence-corrected chi connectivity index (χ3v) is 7.46. The molecule has 2 aromatic carbocycles. The Morgan fingerprint density at radius 1 is 1.19 bits per heavy atom. The Kier molecular flexibility index (Phi) is 5.40. The highest BCUT2D eigenvalue weighted by molar-refractivity contribution is 7.95. The van der Waals surface area contributed by atoms with Crippen LogP contribution in [0.4, 0.5) is 11.4 Å². The number of rotatable bonds is 4. The van der Waals surface area contributed by atoms with Gasteiger partial charge in [0, 0.05) is 30.4 Å². The fraction of sp³-hybridized carbons (Fsp3) is 0.217. The molecule has 0 bridgehead atoms. The Morgan fingerprint density at radius 3 is 2.41 bits per heavy atom. The van der Waals surface area contributed by atoms with Crippen LogP contribution in [0.2, 0.25) is 0 Å². The van der Waals surface area contributed by atoms with Gasteiger partial charge in [-0.15, -0.1) is 0 Å². The zero-order chi connectivity index (χ0) is 23.0. The topological polar surface area (TPSA) is 126 Å². The molecule has 0 radical (unpaired) electrons. The number of hydrogen-bond acceptors (Lipinski definition) is 7. The van der Waals surface area contributed by atoms with Crippen LogP contribution in [0.3, 0.4) is 0 Å². The van der Waals surface area contributed by atoms with E-state index >= 15 is 0 Å². The number of carbonyl (C=O) groups is 1. The molecule has 0 saturated heterocycles. The number of nitrogens with one attached hydrogen (secondary N) is 1. The van der Waals surface area contributed by atoms with Crippen molar-refractivity contribution in [2.75, 3.05) is 23.1 Å². The monoisotopic (exact) mass is 450 g/mol. The van der Waals surface area contributed by atoms with Gasteiger partial charge in [0.15, 0.2) is 9.84 Å². The molecule has 4 rings (SSSR count). The minimum Gasteiger partial charge on any atom is -0.497 e. The Labute approximate surface area is 186 Å². The number of ether oxygens (including phenoxy) is 1. The molecule has 164 valence electrons. The number of nitriles is 1. The number of amides is 1. The smallest absolute Gasteiger partial charge is 0.221 e. The number of benzene rings is 2. The molecule has 2 aliphatic heterocycles. The van der Waals surface area contributed by atoms with Gasteiger partial charge in [-0.25, -0.2) is 8.42 Å². The Bertz CT molecular complexity index is 1290. The molecule has 0 unspecified atom stereocenters. The highest BCUT2D eigenvalue weighted by atomic mass is 32.2. The average Bonchev–Trinajstić information content (AvgIpc) is 3.08. The molecule has 0 saturated carbocycles. The van der Waals surface area contributed by atoms with E-state index in [1.165, 1.54) is 6.92 Å². The maximum Gasteiger partial charge on any atom is 0.221 e. The zero-order valence-electron chi connectivity index (χ0n) is 17.6. The van der Waals surface area contributed by atoms with Crippen LogP contribution in [0.25, 0.3) is 0 Å². The molecule has 1 amide bonds. The second-order valence-electron chi connectivity index (χ2n) is 7.56. The van der Waals surface area contributed by atoms with E-state index in [0.717, 1.165) is 0 Å². The van der Waals surface area contributed by atoms with Crippen molar-refractivity contribution in [2.45, 2.75) is 19.3 Å². The van der Waals surface area contributed by atoms with Gasteiger partial charge in [-0.2, -0.15) is 5.26 Å². The Balaban J connectivity index is 1.87. The molecule has 8 nitrogen and oxygen atoms in total. The molecular weight excluding hydrogens is 428 g/mol. The van der Waals surface area contributed by atoms with Gasteiger partial charge in [0.1, 0.15) is 11.6 Å². The summed E-state index contributed by atoms with van der Waals surface area (Å²) < 4.78 is 31.4.